The molecule has 0 aromatic heterocycles. The summed E-state index contributed by atoms with van der Waals surface area (Å²) in [6.07, 6.45) is 1.77. The quantitative estimate of drug-likeness (QED) is 0.846. The number of ether oxygens (including phenoxy) is 2. The third-order valence-corrected chi connectivity index (χ3v) is 3.87. The van der Waals surface area contributed by atoms with Crippen LogP contribution >= 0.6 is 12.4 Å². The molecule has 2 aromatic carbocycles. The van der Waals surface area contributed by atoms with Crippen LogP contribution in [0.25, 0.3) is 0 Å². The van der Waals surface area contributed by atoms with E-state index in [2.05, 4.69) is 10.6 Å². The number of para-hydroxylation sites is 2. The summed E-state index contributed by atoms with van der Waals surface area (Å²) in [6.45, 7) is 0.831. The Bertz CT molecular complexity index is 736. The van der Waals surface area contributed by atoms with Gasteiger partial charge in [-0.05, 0) is 43.7 Å². The fourth-order valence-corrected chi connectivity index (χ4v) is 2.62. The van der Waals surface area contributed by atoms with Gasteiger partial charge in [0.2, 0.25) is 5.91 Å². The maximum absolute atomic E-state index is 14.3. The average Bonchev–Trinajstić information content (AvgIpc) is 3.12. The van der Waals surface area contributed by atoms with Crippen LogP contribution in [0.3, 0.4) is 0 Å². The number of amides is 1. The zero-order valence-electron chi connectivity index (χ0n) is 13.8. The van der Waals surface area contributed by atoms with Gasteiger partial charge in [-0.1, -0.05) is 12.1 Å². The van der Waals surface area contributed by atoms with E-state index in [0.717, 1.165) is 19.4 Å². The highest BCUT2D eigenvalue weighted by molar-refractivity contribution is 5.95. The van der Waals surface area contributed by atoms with E-state index in [-0.39, 0.29) is 30.1 Å². The van der Waals surface area contributed by atoms with Gasteiger partial charge in [-0.3, -0.25) is 4.79 Å². The lowest BCUT2D eigenvalue weighted by atomic mass is 10.2. The molecule has 1 aliphatic rings. The zero-order chi connectivity index (χ0) is 16.9. The number of anilines is 1. The lowest BCUT2D eigenvalue weighted by molar-refractivity contribution is -0.117. The van der Waals surface area contributed by atoms with Crippen LogP contribution < -0.4 is 20.1 Å². The predicted octanol–water partition coefficient (Wildman–Crippen LogP) is 3.74. The van der Waals surface area contributed by atoms with Crippen LogP contribution in [-0.4, -0.2) is 25.6 Å². The number of hydrogen-bond donors (Lipinski definition) is 2. The van der Waals surface area contributed by atoms with E-state index in [9.17, 15) is 9.18 Å². The monoisotopic (exact) mass is 366 g/mol. The summed E-state index contributed by atoms with van der Waals surface area (Å²) in [7, 11) is 1.52. The smallest absolute Gasteiger partial charge is 0.241 e. The Morgan fingerprint density at radius 3 is 2.60 bits per heavy atom. The highest BCUT2D eigenvalue weighted by Crippen LogP contribution is 2.33. The summed E-state index contributed by atoms with van der Waals surface area (Å²) < 4.78 is 25.0. The molecule has 0 saturated carbocycles. The Balaban J connectivity index is 0.00000225. The summed E-state index contributed by atoms with van der Waals surface area (Å²) in [5.41, 5.74) is 0.401. The molecule has 25 heavy (non-hydrogen) atoms. The molecule has 1 heterocycles. The van der Waals surface area contributed by atoms with Crippen LogP contribution in [-0.2, 0) is 4.79 Å². The standard InChI is InChI=1S/C18H19FN2O3.ClH/c1-23-16-6-2-3-7-17(16)24-15-9-8-12(11-13(15)19)21-18(22)14-5-4-10-20-14;/h2-3,6-9,11,14,20H,4-5,10H2,1H3,(H,21,22);1H. The molecule has 1 saturated heterocycles. The first-order valence-corrected chi connectivity index (χ1v) is 7.82. The second-order valence-corrected chi connectivity index (χ2v) is 5.54. The van der Waals surface area contributed by atoms with E-state index in [0.29, 0.717) is 17.2 Å². The minimum absolute atomic E-state index is 0. The van der Waals surface area contributed by atoms with Crippen LogP contribution in [0.5, 0.6) is 17.2 Å². The minimum Gasteiger partial charge on any atom is -0.493 e. The number of methoxy groups -OCH3 is 1. The molecule has 1 atom stereocenters. The van der Waals surface area contributed by atoms with E-state index in [1.165, 1.54) is 19.2 Å². The molecule has 1 unspecified atom stereocenters. The number of carbonyl (C=O) groups is 1. The number of hydrogen-bond acceptors (Lipinski definition) is 4. The zero-order valence-corrected chi connectivity index (χ0v) is 14.6. The van der Waals surface area contributed by atoms with E-state index >= 15 is 0 Å². The van der Waals surface area contributed by atoms with Crippen LogP contribution in [0.1, 0.15) is 12.8 Å². The van der Waals surface area contributed by atoms with Crippen molar-refractivity contribution < 1.29 is 18.7 Å². The Morgan fingerprint density at radius 2 is 1.96 bits per heavy atom. The molecular formula is C18H20ClFN2O3. The number of rotatable bonds is 5. The van der Waals surface area contributed by atoms with Crippen LogP contribution in [0.4, 0.5) is 10.1 Å². The molecule has 1 aliphatic heterocycles. The van der Waals surface area contributed by atoms with E-state index < -0.39 is 5.82 Å². The molecular weight excluding hydrogens is 347 g/mol. The van der Waals surface area contributed by atoms with Gasteiger partial charge in [0.25, 0.3) is 0 Å². The molecule has 7 heteroatoms. The van der Waals surface area contributed by atoms with Crippen molar-refractivity contribution in [2.75, 3.05) is 19.0 Å². The topological polar surface area (TPSA) is 59.6 Å². The van der Waals surface area contributed by atoms with Gasteiger partial charge in [-0.2, -0.15) is 0 Å². The third kappa shape index (κ3) is 4.61. The molecule has 2 aromatic rings. The minimum atomic E-state index is -0.557. The van der Waals surface area contributed by atoms with Crippen molar-refractivity contribution in [2.24, 2.45) is 0 Å². The van der Waals surface area contributed by atoms with Crippen LogP contribution in [0.2, 0.25) is 0 Å². The van der Waals surface area contributed by atoms with Gasteiger partial charge in [0, 0.05) is 11.8 Å². The molecule has 2 N–H and O–H groups in total. The highest BCUT2D eigenvalue weighted by Gasteiger charge is 2.22. The Labute approximate surface area is 151 Å². The lowest BCUT2D eigenvalue weighted by Crippen LogP contribution is -2.35. The lowest BCUT2D eigenvalue weighted by Gasteiger charge is -2.13. The first-order valence-electron chi connectivity index (χ1n) is 7.82. The van der Waals surface area contributed by atoms with Crippen molar-refractivity contribution in [2.45, 2.75) is 18.9 Å². The molecule has 1 amide bonds. The molecule has 0 bridgehead atoms. The number of nitrogens with one attached hydrogen (secondary N) is 2. The van der Waals surface area contributed by atoms with Crippen molar-refractivity contribution in [1.29, 1.82) is 0 Å². The van der Waals surface area contributed by atoms with Crippen molar-refractivity contribution in [1.82, 2.24) is 5.32 Å². The van der Waals surface area contributed by atoms with Crippen molar-refractivity contribution in [3.63, 3.8) is 0 Å². The fraction of sp³-hybridized carbons (Fsp3) is 0.278. The molecule has 0 spiro atoms. The van der Waals surface area contributed by atoms with Gasteiger partial charge < -0.3 is 20.1 Å². The maximum atomic E-state index is 14.3. The van der Waals surface area contributed by atoms with Gasteiger partial charge in [0.15, 0.2) is 23.1 Å². The summed E-state index contributed by atoms with van der Waals surface area (Å²) in [5.74, 6) is 0.298. The van der Waals surface area contributed by atoms with Gasteiger partial charge in [0.05, 0.1) is 13.2 Å². The second kappa shape index (κ2) is 8.69. The normalized spacial score (nSPS) is 16.0. The highest BCUT2D eigenvalue weighted by atomic mass is 35.5. The van der Waals surface area contributed by atoms with Crippen LogP contribution in [0.15, 0.2) is 42.5 Å². The van der Waals surface area contributed by atoms with Gasteiger partial charge in [-0.15, -0.1) is 12.4 Å². The van der Waals surface area contributed by atoms with Crippen LogP contribution in [0, 0.1) is 5.82 Å². The van der Waals surface area contributed by atoms with E-state index in [4.69, 9.17) is 9.47 Å². The summed E-state index contributed by atoms with van der Waals surface area (Å²) in [4.78, 5) is 12.0. The van der Waals surface area contributed by atoms with Crippen molar-refractivity contribution in [3.05, 3.63) is 48.3 Å². The molecule has 5 nitrogen and oxygen atoms in total. The first-order chi connectivity index (χ1) is 11.7. The molecule has 0 aliphatic carbocycles. The van der Waals surface area contributed by atoms with E-state index in [1.54, 1.807) is 30.3 Å². The molecule has 3 rings (SSSR count). The molecule has 134 valence electrons. The third-order valence-electron chi connectivity index (χ3n) is 3.87. The van der Waals surface area contributed by atoms with Gasteiger partial charge in [0.1, 0.15) is 0 Å². The number of benzene rings is 2. The molecule has 1 fully saturated rings. The Morgan fingerprint density at radius 1 is 1.20 bits per heavy atom. The van der Waals surface area contributed by atoms with Gasteiger partial charge in [-0.25, -0.2) is 4.39 Å². The van der Waals surface area contributed by atoms with E-state index in [1.807, 2.05) is 0 Å². The van der Waals surface area contributed by atoms with Crippen molar-refractivity contribution >= 4 is 24.0 Å². The van der Waals surface area contributed by atoms with Crippen molar-refractivity contribution in [3.8, 4) is 17.2 Å². The fourth-order valence-electron chi connectivity index (χ4n) is 2.62. The maximum Gasteiger partial charge on any atom is 0.241 e. The Hall–Kier alpha value is -2.31. The van der Waals surface area contributed by atoms with Gasteiger partial charge >= 0.3 is 0 Å². The summed E-state index contributed by atoms with van der Waals surface area (Å²) in [5, 5.41) is 5.82. The average molecular weight is 367 g/mol. The Kier molecular flexibility index (Phi) is 6.61. The summed E-state index contributed by atoms with van der Waals surface area (Å²) >= 11 is 0. The largest absolute Gasteiger partial charge is 0.493 e. The predicted molar refractivity (Wildman–Crippen MR) is 96.4 cm³/mol. The number of carbonyl (C=O) groups excluding carboxylic acids is 1. The molecule has 0 radical (unpaired) electrons. The number of halogens is 2. The SMILES string of the molecule is COc1ccccc1Oc1ccc(NC(=O)C2CCCN2)cc1F.Cl. The first kappa shape index (κ1) is 19.0. The second-order valence-electron chi connectivity index (χ2n) is 5.54. The summed E-state index contributed by atoms with van der Waals surface area (Å²) in [6, 6.07) is 11.1.